The van der Waals surface area contributed by atoms with Crippen LogP contribution in [0, 0.1) is 0 Å². The van der Waals surface area contributed by atoms with E-state index in [4.69, 9.17) is 0 Å². The van der Waals surface area contributed by atoms with Gasteiger partial charge in [-0.3, -0.25) is 0 Å². The zero-order valence-corrected chi connectivity index (χ0v) is 9.61. The van der Waals surface area contributed by atoms with Crippen molar-refractivity contribution in [2.45, 2.75) is 24.3 Å². The van der Waals surface area contributed by atoms with Gasteiger partial charge in [0.2, 0.25) is 14.8 Å². The van der Waals surface area contributed by atoms with Crippen LogP contribution in [0.1, 0.15) is 13.3 Å². The van der Waals surface area contributed by atoms with Gasteiger partial charge in [-0.2, -0.15) is 13.2 Å². The Kier molecular flexibility index (Phi) is 3.22. The average molecular weight is 255 g/mol. The average Bonchev–Trinajstić information content (AvgIpc) is 2.17. The number of hydrogen-bond acceptors (Lipinski definition) is 2. The van der Waals surface area contributed by atoms with Gasteiger partial charge in [0, 0.05) is 0 Å². The van der Waals surface area contributed by atoms with Gasteiger partial charge in [-0.25, -0.2) is 13.1 Å². The molecule has 1 rings (SSSR count). The second-order valence-electron chi connectivity index (χ2n) is 3.58. The summed E-state index contributed by atoms with van der Waals surface area (Å²) in [6.45, 7) is 1.61. The van der Waals surface area contributed by atoms with E-state index < -0.39 is 27.4 Å². The molecular weight excluding hydrogens is 243 g/mol. The molecule has 0 bridgehead atoms. The molecule has 1 aliphatic rings. The lowest BCUT2D eigenvalue weighted by molar-refractivity contribution is -0.149. The molecule has 0 aromatic rings. The Morgan fingerprint density at radius 3 is 2.31 bits per heavy atom. The van der Waals surface area contributed by atoms with E-state index in [1.807, 2.05) is 0 Å². The second kappa shape index (κ2) is 3.89. The molecule has 16 heavy (non-hydrogen) atoms. The lowest BCUT2D eigenvalue weighted by atomic mass is 9.96. The fourth-order valence-electron chi connectivity index (χ4n) is 1.46. The summed E-state index contributed by atoms with van der Waals surface area (Å²) in [5, 5.41) is 0. The smallest absolute Gasteiger partial charge is 0.217 e. The molecule has 0 spiro atoms. The van der Waals surface area contributed by atoms with Gasteiger partial charge in [0.05, 0.1) is 0 Å². The first kappa shape index (κ1) is 13.2. The van der Waals surface area contributed by atoms with Crippen LogP contribution in [0.3, 0.4) is 0 Å². The molecule has 7 heteroatoms. The van der Waals surface area contributed by atoms with Crippen LogP contribution in [0.4, 0.5) is 13.2 Å². The van der Waals surface area contributed by atoms with Crippen molar-refractivity contribution in [1.29, 1.82) is 0 Å². The molecule has 1 unspecified atom stereocenters. The van der Waals surface area contributed by atoms with E-state index in [9.17, 15) is 21.6 Å². The Labute approximate surface area is 92.1 Å². The van der Waals surface area contributed by atoms with Crippen molar-refractivity contribution in [2.75, 3.05) is 7.05 Å². The highest BCUT2D eigenvalue weighted by molar-refractivity contribution is 7.91. The molecule has 0 aromatic carbocycles. The topological polar surface area (TPSA) is 46.2 Å². The Balaban J connectivity index is 3.35. The van der Waals surface area contributed by atoms with E-state index in [2.05, 4.69) is 0 Å². The van der Waals surface area contributed by atoms with Crippen LogP contribution < -0.4 is 4.72 Å². The van der Waals surface area contributed by atoms with Gasteiger partial charge in [0.1, 0.15) is 0 Å². The molecule has 0 saturated heterocycles. The van der Waals surface area contributed by atoms with Gasteiger partial charge in [0.15, 0.2) is 0 Å². The molecule has 3 nitrogen and oxygen atoms in total. The number of rotatable bonds is 2. The highest BCUT2D eigenvalue weighted by atomic mass is 32.2. The number of allylic oxidation sites excluding steroid dienone is 3. The van der Waals surface area contributed by atoms with Gasteiger partial charge in [-0.15, -0.1) is 0 Å². The first-order valence-electron chi connectivity index (χ1n) is 4.52. The minimum Gasteiger partial charge on any atom is -0.217 e. The van der Waals surface area contributed by atoms with Crippen LogP contribution in [0.5, 0.6) is 0 Å². The fourth-order valence-corrected chi connectivity index (χ4v) is 2.68. The zero-order chi connectivity index (χ0) is 12.6. The van der Waals surface area contributed by atoms with Crippen molar-refractivity contribution in [1.82, 2.24) is 4.72 Å². The van der Waals surface area contributed by atoms with Crippen molar-refractivity contribution in [2.24, 2.45) is 0 Å². The SMILES string of the molecule is CNS(=O)(=O)C1(C(F)(F)F)C=CC(C)=CC1. The molecule has 0 aliphatic heterocycles. The number of alkyl halides is 3. The van der Waals surface area contributed by atoms with Crippen molar-refractivity contribution in [3.8, 4) is 0 Å². The van der Waals surface area contributed by atoms with E-state index >= 15 is 0 Å². The molecule has 0 amide bonds. The van der Waals surface area contributed by atoms with Crippen LogP contribution in [0.15, 0.2) is 23.8 Å². The predicted molar refractivity (Wildman–Crippen MR) is 54.3 cm³/mol. The molecular formula is C9H12F3NO2S. The van der Waals surface area contributed by atoms with Crippen LogP contribution in [0.25, 0.3) is 0 Å². The number of hydrogen-bond donors (Lipinski definition) is 1. The maximum Gasteiger partial charge on any atom is 0.413 e. The summed E-state index contributed by atoms with van der Waals surface area (Å²) in [5.41, 5.74) is 0.617. The standard InChI is InChI=1S/C9H12F3NO2S/c1-7-3-5-8(6-4-7,9(10,11)12)16(14,15)13-2/h3-5,13H,6H2,1-2H3. The predicted octanol–water partition coefficient (Wildman–Crippen LogP) is 1.74. The number of halogens is 3. The first-order chi connectivity index (χ1) is 7.16. The van der Waals surface area contributed by atoms with Crippen LogP contribution in [0.2, 0.25) is 0 Å². The summed E-state index contributed by atoms with van der Waals surface area (Å²) in [5.74, 6) is 0. The third-order valence-corrected chi connectivity index (χ3v) is 4.60. The van der Waals surface area contributed by atoms with Crippen LogP contribution in [-0.4, -0.2) is 26.4 Å². The Bertz CT molecular complexity index is 436. The Morgan fingerprint density at radius 1 is 1.44 bits per heavy atom. The second-order valence-corrected chi connectivity index (χ2v) is 5.72. The molecule has 1 aliphatic carbocycles. The minimum atomic E-state index is -4.84. The Hall–Kier alpha value is -0.820. The Morgan fingerprint density at radius 2 is 2.00 bits per heavy atom. The summed E-state index contributed by atoms with van der Waals surface area (Å²) in [6, 6.07) is 0. The first-order valence-corrected chi connectivity index (χ1v) is 6.00. The van der Waals surface area contributed by atoms with Gasteiger partial charge >= 0.3 is 6.18 Å². The van der Waals surface area contributed by atoms with Crippen LogP contribution in [-0.2, 0) is 10.0 Å². The van der Waals surface area contributed by atoms with E-state index in [0.29, 0.717) is 11.6 Å². The van der Waals surface area contributed by atoms with Gasteiger partial charge < -0.3 is 0 Å². The third-order valence-electron chi connectivity index (χ3n) is 2.57. The molecule has 0 aromatic heterocycles. The summed E-state index contributed by atoms with van der Waals surface area (Å²) in [6.07, 6.45) is -2.30. The molecule has 1 atom stereocenters. The minimum absolute atomic E-state index is 0.595. The maximum atomic E-state index is 12.9. The van der Waals surface area contributed by atoms with Crippen LogP contribution >= 0.6 is 0 Å². The van der Waals surface area contributed by atoms with Gasteiger partial charge in [-0.05, 0) is 20.4 Å². The molecule has 1 N–H and O–H groups in total. The lowest BCUT2D eigenvalue weighted by Gasteiger charge is -2.32. The zero-order valence-electron chi connectivity index (χ0n) is 8.80. The highest BCUT2D eigenvalue weighted by Gasteiger charge is 2.61. The van der Waals surface area contributed by atoms with Crippen molar-refractivity contribution in [3.63, 3.8) is 0 Å². The summed E-state index contributed by atoms with van der Waals surface area (Å²) in [7, 11) is -3.50. The third kappa shape index (κ3) is 1.89. The molecule has 0 radical (unpaired) electrons. The largest absolute Gasteiger partial charge is 0.413 e. The fraction of sp³-hybridized carbons (Fsp3) is 0.556. The van der Waals surface area contributed by atoms with Crippen molar-refractivity contribution < 1.29 is 21.6 Å². The molecule has 92 valence electrons. The quantitative estimate of drug-likeness (QED) is 0.817. The highest BCUT2D eigenvalue weighted by Crippen LogP contribution is 2.42. The summed E-state index contributed by atoms with van der Waals surface area (Å²) < 4.78 is 60.6. The van der Waals surface area contributed by atoms with E-state index in [1.165, 1.54) is 12.2 Å². The van der Waals surface area contributed by atoms with Crippen molar-refractivity contribution >= 4 is 10.0 Å². The lowest BCUT2D eigenvalue weighted by Crippen LogP contribution is -2.54. The number of nitrogens with one attached hydrogen (secondary N) is 1. The normalized spacial score (nSPS) is 26.7. The van der Waals surface area contributed by atoms with E-state index in [1.54, 1.807) is 11.6 Å². The van der Waals surface area contributed by atoms with Gasteiger partial charge in [0.25, 0.3) is 0 Å². The molecule has 0 saturated carbocycles. The monoisotopic (exact) mass is 255 g/mol. The van der Waals surface area contributed by atoms with Crippen molar-refractivity contribution in [3.05, 3.63) is 23.8 Å². The molecule has 0 heterocycles. The maximum absolute atomic E-state index is 12.9. The summed E-state index contributed by atoms with van der Waals surface area (Å²) >= 11 is 0. The van der Waals surface area contributed by atoms with Gasteiger partial charge in [-0.1, -0.05) is 23.8 Å². The number of sulfonamides is 1. The summed E-state index contributed by atoms with van der Waals surface area (Å²) in [4.78, 5) is 0. The van der Waals surface area contributed by atoms with E-state index in [0.717, 1.165) is 7.05 Å². The molecule has 0 fully saturated rings. The van der Waals surface area contributed by atoms with E-state index in [-0.39, 0.29) is 0 Å².